The number of nitrogens with two attached hydrogens (primary N) is 1. The molecule has 0 saturated carbocycles. The third-order valence-electron chi connectivity index (χ3n) is 1.48. The van der Waals surface area contributed by atoms with Crippen LogP contribution in [0.4, 0.5) is 0 Å². The van der Waals surface area contributed by atoms with Crippen LogP contribution in [0.5, 0.6) is 0 Å². The minimum atomic E-state index is -0.482. The van der Waals surface area contributed by atoms with Crippen LogP contribution >= 0.6 is 0 Å². The monoisotopic (exact) mass is 199 g/mol. The minimum Gasteiger partial charge on any atom is -0.371 e. The molecule has 0 aliphatic heterocycles. The number of carbonyl (C=O) groups excluding carboxylic acids is 1. The first-order valence-corrected chi connectivity index (χ1v) is 4.21. The van der Waals surface area contributed by atoms with Gasteiger partial charge in [0.15, 0.2) is 11.5 Å². The second kappa shape index (κ2) is 4.73. The Kier molecular flexibility index (Phi) is 3.61. The van der Waals surface area contributed by atoms with E-state index in [0.717, 1.165) is 0 Å². The topological polar surface area (TPSA) is 90.4 Å². The maximum atomic E-state index is 11.0. The minimum absolute atomic E-state index is 0.104. The van der Waals surface area contributed by atoms with Crippen LogP contribution in [0, 0.1) is 0 Å². The smallest absolute Gasteiger partial charge is 0.287 e. The lowest BCUT2D eigenvalue weighted by Gasteiger charge is -2.02. The highest BCUT2D eigenvalue weighted by Crippen LogP contribution is 2.06. The van der Waals surface area contributed by atoms with Gasteiger partial charge in [-0.05, 0) is 13.8 Å². The van der Waals surface area contributed by atoms with Gasteiger partial charge in [0.1, 0.15) is 6.61 Å². The third-order valence-corrected chi connectivity index (χ3v) is 1.48. The van der Waals surface area contributed by atoms with E-state index in [-0.39, 0.29) is 11.8 Å². The zero-order valence-electron chi connectivity index (χ0n) is 8.11. The van der Waals surface area contributed by atoms with E-state index >= 15 is 0 Å². The Morgan fingerprint density at radius 3 is 3.07 bits per heavy atom. The van der Waals surface area contributed by atoms with E-state index in [1.807, 2.05) is 19.3 Å². The Morgan fingerprint density at radius 2 is 2.50 bits per heavy atom. The largest absolute Gasteiger partial charge is 0.371 e. The van der Waals surface area contributed by atoms with Gasteiger partial charge in [0.05, 0.1) is 6.10 Å². The Labute approximate surface area is 81.4 Å². The molecule has 1 rings (SSSR count). The fraction of sp³-hybridized carbons (Fsp3) is 0.500. The molecular formula is C8H13N3O3. The first kappa shape index (κ1) is 10.7. The van der Waals surface area contributed by atoms with Crippen LogP contribution in [0.15, 0.2) is 10.6 Å². The number of nitrogens with zero attached hydrogens (tertiary/aromatic N) is 1. The standard InChI is InChI=1S/C8H13N3O3/c1-5(2)13-4-6-3-7(11-14-6)8(12)10-9/h3,5H,4,9H2,1-2H3,(H,10,12). The number of hydrogen-bond donors (Lipinski definition) is 2. The second-order valence-electron chi connectivity index (χ2n) is 3.01. The Hall–Kier alpha value is -1.40. The molecule has 14 heavy (non-hydrogen) atoms. The number of nitrogen functional groups attached to an aromatic ring is 1. The first-order chi connectivity index (χ1) is 6.63. The molecule has 0 bridgehead atoms. The van der Waals surface area contributed by atoms with Crippen LogP contribution in [0.1, 0.15) is 30.1 Å². The number of ether oxygens (including phenoxy) is 1. The van der Waals surface area contributed by atoms with Crippen molar-refractivity contribution in [1.29, 1.82) is 0 Å². The predicted octanol–water partition coefficient (Wildman–Crippen LogP) is 0.203. The highest BCUT2D eigenvalue weighted by atomic mass is 16.5. The summed E-state index contributed by atoms with van der Waals surface area (Å²) >= 11 is 0. The molecular weight excluding hydrogens is 186 g/mol. The van der Waals surface area contributed by atoms with Gasteiger partial charge in [0, 0.05) is 6.07 Å². The maximum Gasteiger partial charge on any atom is 0.287 e. The van der Waals surface area contributed by atoms with Crippen molar-refractivity contribution in [3.8, 4) is 0 Å². The summed E-state index contributed by atoms with van der Waals surface area (Å²) in [5.74, 6) is 4.94. The van der Waals surface area contributed by atoms with Crippen molar-refractivity contribution in [1.82, 2.24) is 10.6 Å². The van der Waals surface area contributed by atoms with Crippen LogP contribution in [0.3, 0.4) is 0 Å². The zero-order chi connectivity index (χ0) is 10.6. The van der Waals surface area contributed by atoms with Crippen LogP contribution in [0.25, 0.3) is 0 Å². The van der Waals surface area contributed by atoms with Crippen LogP contribution < -0.4 is 11.3 Å². The van der Waals surface area contributed by atoms with Crippen molar-refractivity contribution < 1.29 is 14.1 Å². The van der Waals surface area contributed by atoms with E-state index in [1.54, 1.807) is 0 Å². The van der Waals surface area contributed by atoms with Gasteiger partial charge in [-0.15, -0.1) is 0 Å². The van der Waals surface area contributed by atoms with Gasteiger partial charge < -0.3 is 9.26 Å². The molecule has 0 radical (unpaired) electrons. The number of rotatable bonds is 4. The van der Waals surface area contributed by atoms with Crippen molar-refractivity contribution in [3.63, 3.8) is 0 Å². The van der Waals surface area contributed by atoms with E-state index < -0.39 is 5.91 Å². The summed E-state index contributed by atoms with van der Waals surface area (Å²) in [6, 6.07) is 1.49. The summed E-state index contributed by atoms with van der Waals surface area (Å²) in [5, 5.41) is 3.52. The maximum absolute atomic E-state index is 11.0. The second-order valence-corrected chi connectivity index (χ2v) is 3.01. The number of hydrazine groups is 1. The van der Waals surface area contributed by atoms with Gasteiger partial charge in [-0.3, -0.25) is 10.2 Å². The van der Waals surface area contributed by atoms with Gasteiger partial charge in [-0.25, -0.2) is 5.84 Å². The normalized spacial score (nSPS) is 10.6. The van der Waals surface area contributed by atoms with Gasteiger partial charge >= 0.3 is 0 Å². The molecule has 0 unspecified atom stereocenters. The van der Waals surface area contributed by atoms with Crippen molar-refractivity contribution >= 4 is 5.91 Å². The van der Waals surface area contributed by atoms with Crippen LogP contribution in [-0.4, -0.2) is 17.2 Å². The summed E-state index contributed by atoms with van der Waals surface area (Å²) in [6.07, 6.45) is 0.104. The number of nitrogens with one attached hydrogen (secondary N) is 1. The summed E-state index contributed by atoms with van der Waals surface area (Å²) < 4.78 is 10.1. The van der Waals surface area contributed by atoms with Crippen molar-refractivity contribution in [3.05, 3.63) is 17.5 Å². The average Bonchev–Trinajstić information content (AvgIpc) is 2.62. The molecule has 0 aliphatic carbocycles. The summed E-state index contributed by atoms with van der Waals surface area (Å²) in [5.41, 5.74) is 2.11. The number of aromatic nitrogens is 1. The third kappa shape index (κ3) is 2.82. The Morgan fingerprint density at radius 1 is 1.79 bits per heavy atom. The Balaban J connectivity index is 2.55. The van der Waals surface area contributed by atoms with Crippen LogP contribution in [0.2, 0.25) is 0 Å². The molecule has 0 spiro atoms. The van der Waals surface area contributed by atoms with E-state index in [0.29, 0.717) is 12.4 Å². The fourth-order valence-corrected chi connectivity index (χ4v) is 0.811. The lowest BCUT2D eigenvalue weighted by atomic mass is 10.3. The number of carbonyl (C=O) groups is 1. The average molecular weight is 199 g/mol. The summed E-state index contributed by atoms with van der Waals surface area (Å²) in [7, 11) is 0. The van der Waals surface area contributed by atoms with E-state index in [9.17, 15) is 4.79 Å². The van der Waals surface area contributed by atoms with Gasteiger partial charge in [0.25, 0.3) is 5.91 Å². The quantitative estimate of drug-likeness (QED) is 0.410. The van der Waals surface area contributed by atoms with Crippen molar-refractivity contribution in [2.45, 2.75) is 26.6 Å². The SMILES string of the molecule is CC(C)OCc1cc(C(=O)NN)no1. The molecule has 1 heterocycles. The van der Waals surface area contributed by atoms with Gasteiger partial charge in [0.2, 0.25) is 0 Å². The zero-order valence-corrected chi connectivity index (χ0v) is 8.11. The van der Waals surface area contributed by atoms with E-state index in [1.165, 1.54) is 6.07 Å². The van der Waals surface area contributed by atoms with Crippen molar-refractivity contribution in [2.75, 3.05) is 0 Å². The fourth-order valence-electron chi connectivity index (χ4n) is 0.811. The molecule has 0 aromatic carbocycles. The van der Waals surface area contributed by atoms with Crippen molar-refractivity contribution in [2.24, 2.45) is 5.84 Å². The molecule has 3 N–H and O–H groups in total. The first-order valence-electron chi connectivity index (χ1n) is 4.21. The molecule has 0 fully saturated rings. The van der Waals surface area contributed by atoms with Crippen LogP contribution in [-0.2, 0) is 11.3 Å². The number of hydrogen-bond acceptors (Lipinski definition) is 5. The molecule has 6 nitrogen and oxygen atoms in total. The number of amides is 1. The lowest BCUT2D eigenvalue weighted by molar-refractivity contribution is 0.0512. The summed E-state index contributed by atoms with van der Waals surface area (Å²) in [4.78, 5) is 11.0. The molecule has 6 heteroatoms. The highest BCUT2D eigenvalue weighted by Gasteiger charge is 2.11. The Bertz CT molecular complexity index is 309. The lowest BCUT2D eigenvalue weighted by Crippen LogP contribution is -2.30. The molecule has 78 valence electrons. The molecule has 1 amide bonds. The van der Waals surface area contributed by atoms with E-state index in [4.69, 9.17) is 15.1 Å². The van der Waals surface area contributed by atoms with E-state index in [2.05, 4.69) is 5.16 Å². The predicted molar refractivity (Wildman–Crippen MR) is 48.1 cm³/mol. The highest BCUT2D eigenvalue weighted by molar-refractivity contribution is 5.91. The van der Waals surface area contributed by atoms with Gasteiger partial charge in [-0.2, -0.15) is 0 Å². The van der Waals surface area contributed by atoms with Gasteiger partial charge in [-0.1, -0.05) is 5.16 Å². The molecule has 1 aromatic rings. The molecule has 0 atom stereocenters. The summed E-state index contributed by atoms with van der Waals surface area (Å²) in [6.45, 7) is 4.11. The molecule has 1 aromatic heterocycles. The molecule has 0 aliphatic rings. The molecule has 0 saturated heterocycles.